The summed E-state index contributed by atoms with van der Waals surface area (Å²) in [6.07, 6.45) is 0. The van der Waals surface area contributed by atoms with Crippen LogP contribution in [0.15, 0.2) is 48.5 Å². The molecule has 1 aliphatic heterocycles. The third-order valence-electron chi connectivity index (χ3n) is 5.63. The van der Waals surface area contributed by atoms with Gasteiger partial charge in [0.25, 0.3) is 0 Å². The fourth-order valence-corrected chi connectivity index (χ4v) is 3.94. The third-order valence-corrected chi connectivity index (χ3v) is 5.63. The number of nitrogens with one attached hydrogen (secondary N) is 1. The lowest BCUT2D eigenvalue weighted by Gasteiger charge is -2.37. The summed E-state index contributed by atoms with van der Waals surface area (Å²) < 4.78 is 10.0. The summed E-state index contributed by atoms with van der Waals surface area (Å²) in [5.41, 5.74) is 2.33. The Morgan fingerprint density at radius 1 is 0.944 bits per heavy atom. The number of methoxy groups -OCH3 is 2. The second kappa shape index (κ2) is 13.9. The number of fused-ring (bicyclic) bond motifs is 1. The predicted octanol–water partition coefficient (Wildman–Crippen LogP) is 4.12. The van der Waals surface area contributed by atoms with Crippen molar-refractivity contribution in [1.82, 2.24) is 4.98 Å². The number of ether oxygens (including phenoxy) is 2. The van der Waals surface area contributed by atoms with Gasteiger partial charge in [0.2, 0.25) is 5.91 Å². The topological polar surface area (TPSA) is 104 Å². The van der Waals surface area contributed by atoms with Gasteiger partial charge >= 0.3 is 5.97 Å². The van der Waals surface area contributed by atoms with Gasteiger partial charge in [0, 0.05) is 50.0 Å². The molecular formula is C24H29Cl3N4O5. The maximum absolute atomic E-state index is 12.0. The van der Waals surface area contributed by atoms with Crippen LogP contribution in [0.4, 0.5) is 17.2 Å². The zero-order chi connectivity index (χ0) is 23.4. The summed E-state index contributed by atoms with van der Waals surface area (Å²) >= 11 is 0. The van der Waals surface area contributed by atoms with Crippen molar-refractivity contribution in [2.24, 2.45) is 0 Å². The van der Waals surface area contributed by atoms with E-state index in [0.29, 0.717) is 22.4 Å². The van der Waals surface area contributed by atoms with Crippen molar-refractivity contribution in [2.45, 2.75) is 0 Å². The van der Waals surface area contributed by atoms with E-state index in [1.807, 2.05) is 24.3 Å². The van der Waals surface area contributed by atoms with Crippen molar-refractivity contribution in [2.75, 3.05) is 62.1 Å². The van der Waals surface area contributed by atoms with Gasteiger partial charge in [0.1, 0.15) is 18.2 Å². The minimum absolute atomic E-state index is 0. The van der Waals surface area contributed by atoms with Gasteiger partial charge in [-0.2, -0.15) is 0 Å². The van der Waals surface area contributed by atoms with Crippen LogP contribution in [0, 0.1) is 0 Å². The second-order valence-corrected chi connectivity index (χ2v) is 7.72. The Labute approximate surface area is 228 Å². The lowest BCUT2D eigenvalue weighted by molar-refractivity contribution is -0.119. The van der Waals surface area contributed by atoms with Crippen LogP contribution in [0.1, 0.15) is 10.4 Å². The molecular weight excluding hydrogens is 531 g/mol. The number of amides is 1. The van der Waals surface area contributed by atoms with Gasteiger partial charge in [-0.3, -0.25) is 4.79 Å². The standard InChI is InChI=1S/C24H26N4O5.3ClH/c1-32-15-23(29)25-16-3-8-21-19(13-16)20(24(30)31)14-22(26-21)28-11-9-27(10-12-28)17-4-6-18(33-2)7-5-17;;;/h3-8,13-14H,9-12,15H2,1-2H3,(H,25,29)(H,30,31);3*1H. The van der Waals surface area contributed by atoms with Gasteiger partial charge in [-0.25, -0.2) is 9.78 Å². The van der Waals surface area contributed by atoms with Crippen molar-refractivity contribution in [1.29, 1.82) is 0 Å². The van der Waals surface area contributed by atoms with Gasteiger partial charge in [-0.1, -0.05) is 0 Å². The monoisotopic (exact) mass is 558 g/mol. The largest absolute Gasteiger partial charge is 0.497 e. The average molecular weight is 560 g/mol. The Bertz CT molecular complexity index is 1170. The molecule has 0 unspecified atom stereocenters. The second-order valence-electron chi connectivity index (χ2n) is 7.72. The number of piperazine rings is 1. The number of aromatic nitrogens is 1. The predicted molar refractivity (Wildman–Crippen MR) is 148 cm³/mol. The van der Waals surface area contributed by atoms with Gasteiger partial charge in [-0.15, -0.1) is 37.2 Å². The molecule has 4 rings (SSSR count). The SMILES string of the molecule is COCC(=O)Nc1ccc2nc(N3CCN(c4ccc(OC)cc4)CC3)cc(C(=O)O)c2c1.Cl.Cl.Cl. The highest BCUT2D eigenvalue weighted by Gasteiger charge is 2.21. The molecule has 0 radical (unpaired) electrons. The van der Waals surface area contributed by atoms with Crippen LogP contribution >= 0.6 is 37.2 Å². The highest BCUT2D eigenvalue weighted by Crippen LogP contribution is 2.28. The third kappa shape index (κ3) is 7.04. The van der Waals surface area contributed by atoms with Crippen molar-refractivity contribution in [3.05, 3.63) is 54.1 Å². The fraction of sp³-hybridized carbons (Fsp3) is 0.292. The first-order valence-corrected chi connectivity index (χ1v) is 10.6. The number of pyridine rings is 1. The van der Waals surface area contributed by atoms with E-state index in [0.717, 1.165) is 37.6 Å². The minimum Gasteiger partial charge on any atom is -0.497 e. The van der Waals surface area contributed by atoms with Crippen LogP contribution in [-0.2, 0) is 9.53 Å². The Morgan fingerprint density at radius 2 is 1.58 bits per heavy atom. The molecule has 1 aromatic heterocycles. The number of rotatable bonds is 7. The zero-order valence-corrected chi connectivity index (χ0v) is 22.3. The fourth-order valence-electron chi connectivity index (χ4n) is 3.94. The molecule has 2 aromatic carbocycles. The molecule has 0 aliphatic carbocycles. The number of carboxylic acids is 1. The van der Waals surface area contributed by atoms with E-state index in [2.05, 4.69) is 15.1 Å². The van der Waals surface area contributed by atoms with E-state index in [-0.39, 0.29) is 55.3 Å². The number of hydrogen-bond acceptors (Lipinski definition) is 7. The normalized spacial score (nSPS) is 12.6. The molecule has 1 amide bonds. The summed E-state index contributed by atoms with van der Waals surface area (Å²) in [4.78, 5) is 32.9. The van der Waals surface area contributed by atoms with E-state index >= 15 is 0 Å². The van der Waals surface area contributed by atoms with Crippen LogP contribution in [0.2, 0.25) is 0 Å². The molecule has 3 aromatic rings. The van der Waals surface area contributed by atoms with Crippen LogP contribution < -0.4 is 19.9 Å². The van der Waals surface area contributed by atoms with E-state index < -0.39 is 5.97 Å². The number of carbonyl (C=O) groups is 2. The summed E-state index contributed by atoms with van der Waals surface area (Å²) in [7, 11) is 3.08. The molecule has 1 fully saturated rings. The lowest BCUT2D eigenvalue weighted by atomic mass is 10.1. The first-order chi connectivity index (χ1) is 16.0. The Kier molecular flexibility index (Phi) is 12.0. The molecule has 0 bridgehead atoms. The number of nitrogens with zero attached hydrogens (tertiary/aromatic N) is 3. The molecule has 196 valence electrons. The van der Waals surface area contributed by atoms with Crippen LogP contribution in [0.3, 0.4) is 0 Å². The summed E-state index contributed by atoms with van der Waals surface area (Å²) in [5.74, 6) is 0.0970. The number of anilines is 3. The minimum atomic E-state index is -1.04. The summed E-state index contributed by atoms with van der Waals surface area (Å²) in [6, 6.07) is 14.6. The number of halogens is 3. The number of aromatic carboxylic acids is 1. The summed E-state index contributed by atoms with van der Waals surface area (Å²) in [5, 5.41) is 13.0. The van der Waals surface area contributed by atoms with Crippen molar-refractivity contribution in [3.63, 3.8) is 0 Å². The first-order valence-electron chi connectivity index (χ1n) is 10.6. The highest BCUT2D eigenvalue weighted by molar-refractivity contribution is 6.05. The van der Waals surface area contributed by atoms with Crippen molar-refractivity contribution < 1.29 is 24.2 Å². The molecule has 1 saturated heterocycles. The Morgan fingerprint density at radius 3 is 2.17 bits per heavy atom. The highest BCUT2D eigenvalue weighted by atomic mass is 35.5. The number of hydrogen-bond donors (Lipinski definition) is 2. The number of carboxylic acid groups (broad SMARTS) is 1. The number of benzene rings is 2. The van der Waals surface area contributed by atoms with Crippen LogP contribution in [0.5, 0.6) is 5.75 Å². The Hall–Kier alpha value is -2.98. The number of carbonyl (C=O) groups excluding carboxylic acids is 1. The molecule has 0 atom stereocenters. The first kappa shape index (κ1) is 31.1. The quantitative estimate of drug-likeness (QED) is 0.446. The van der Waals surface area contributed by atoms with Gasteiger partial charge in [-0.05, 0) is 48.5 Å². The van der Waals surface area contributed by atoms with E-state index in [1.54, 1.807) is 31.4 Å². The van der Waals surface area contributed by atoms with E-state index in [9.17, 15) is 14.7 Å². The van der Waals surface area contributed by atoms with Gasteiger partial charge < -0.3 is 29.7 Å². The van der Waals surface area contributed by atoms with Gasteiger partial charge in [0.15, 0.2) is 0 Å². The van der Waals surface area contributed by atoms with Crippen molar-refractivity contribution in [3.8, 4) is 5.75 Å². The van der Waals surface area contributed by atoms with E-state index in [1.165, 1.54) is 7.11 Å². The van der Waals surface area contributed by atoms with Crippen LogP contribution in [0.25, 0.3) is 10.9 Å². The molecule has 9 nitrogen and oxygen atoms in total. The van der Waals surface area contributed by atoms with Crippen molar-refractivity contribution >= 4 is 77.2 Å². The molecule has 2 N–H and O–H groups in total. The average Bonchev–Trinajstić information content (AvgIpc) is 2.83. The maximum Gasteiger partial charge on any atom is 0.336 e. The molecule has 0 spiro atoms. The van der Waals surface area contributed by atoms with E-state index in [4.69, 9.17) is 14.5 Å². The molecule has 12 heteroatoms. The molecule has 2 heterocycles. The van der Waals surface area contributed by atoms with Crippen LogP contribution in [-0.4, -0.2) is 69.0 Å². The Balaban J connectivity index is 0.00000216. The molecule has 1 aliphatic rings. The maximum atomic E-state index is 12.0. The molecule has 0 saturated carbocycles. The molecule has 36 heavy (non-hydrogen) atoms. The van der Waals surface area contributed by atoms with Gasteiger partial charge in [0.05, 0.1) is 18.2 Å². The smallest absolute Gasteiger partial charge is 0.336 e. The zero-order valence-electron chi connectivity index (χ0n) is 19.8. The summed E-state index contributed by atoms with van der Waals surface area (Å²) in [6.45, 7) is 2.94. The lowest BCUT2D eigenvalue weighted by Crippen LogP contribution is -2.46.